The lowest BCUT2D eigenvalue weighted by Crippen LogP contribution is -2.57. The first-order valence-corrected chi connectivity index (χ1v) is 6.96. The Morgan fingerprint density at radius 3 is 2.72 bits per heavy atom. The first-order valence-electron chi connectivity index (χ1n) is 6.96. The van der Waals surface area contributed by atoms with Crippen LogP contribution in [0.2, 0.25) is 0 Å². The molecule has 0 bridgehead atoms. The van der Waals surface area contributed by atoms with E-state index < -0.39 is 6.04 Å². The molecule has 0 aromatic rings. The molecule has 5 nitrogen and oxygen atoms in total. The van der Waals surface area contributed by atoms with E-state index in [4.69, 9.17) is 10.5 Å². The molecule has 1 unspecified atom stereocenters. The molecule has 0 radical (unpaired) electrons. The van der Waals surface area contributed by atoms with E-state index in [0.717, 1.165) is 45.8 Å². The Morgan fingerprint density at radius 2 is 2.17 bits per heavy atom. The van der Waals surface area contributed by atoms with E-state index in [1.54, 1.807) is 6.92 Å². The Morgan fingerprint density at radius 1 is 1.44 bits per heavy atom. The fourth-order valence-electron chi connectivity index (χ4n) is 2.39. The molecule has 2 atom stereocenters. The van der Waals surface area contributed by atoms with Crippen LogP contribution in [-0.4, -0.2) is 67.2 Å². The van der Waals surface area contributed by atoms with E-state index in [2.05, 4.69) is 11.8 Å². The van der Waals surface area contributed by atoms with Gasteiger partial charge in [-0.3, -0.25) is 9.69 Å². The summed E-state index contributed by atoms with van der Waals surface area (Å²) in [6.07, 6.45) is 1.05. The number of hydrogen-bond acceptors (Lipinski definition) is 4. The second-order valence-corrected chi connectivity index (χ2v) is 4.87. The second kappa shape index (κ2) is 7.71. The third kappa shape index (κ3) is 4.23. The number of nitrogens with two attached hydrogens (primary N) is 1. The quantitative estimate of drug-likeness (QED) is 0.695. The Labute approximate surface area is 110 Å². The maximum atomic E-state index is 11.9. The van der Waals surface area contributed by atoms with Gasteiger partial charge in [0.05, 0.1) is 12.6 Å². The smallest absolute Gasteiger partial charge is 0.239 e. The molecular weight excluding hydrogens is 230 g/mol. The number of hydrogen-bond donors (Lipinski definition) is 1. The molecule has 0 aromatic carbocycles. The fourth-order valence-corrected chi connectivity index (χ4v) is 2.39. The molecular formula is C13H27N3O2. The molecule has 0 saturated carbocycles. The van der Waals surface area contributed by atoms with Gasteiger partial charge in [0.2, 0.25) is 5.91 Å². The van der Waals surface area contributed by atoms with Crippen molar-refractivity contribution in [1.29, 1.82) is 0 Å². The topological polar surface area (TPSA) is 58.8 Å². The minimum Gasteiger partial charge on any atom is -0.380 e. The van der Waals surface area contributed by atoms with E-state index in [9.17, 15) is 4.79 Å². The van der Waals surface area contributed by atoms with Gasteiger partial charge in [-0.25, -0.2) is 0 Å². The predicted octanol–water partition coefficient (Wildman–Crippen LogP) is 0.293. The molecule has 18 heavy (non-hydrogen) atoms. The lowest BCUT2D eigenvalue weighted by Gasteiger charge is -2.41. The maximum Gasteiger partial charge on any atom is 0.239 e. The molecule has 1 saturated heterocycles. The summed E-state index contributed by atoms with van der Waals surface area (Å²) in [4.78, 5) is 16.2. The SMILES string of the molecule is CCOCCN1CCN(C(=O)[C@@H](C)N)CC1CC. The zero-order chi connectivity index (χ0) is 13.5. The number of ether oxygens (including phenoxy) is 1. The highest BCUT2D eigenvalue weighted by Gasteiger charge is 2.29. The predicted molar refractivity (Wildman–Crippen MR) is 72.4 cm³/mol. The van der Waals surface area contributed by atoms with Gasteiger partial charge in [-0.15, -0.1) is 0 Å². The minimum atomic E-state index is -0.391. The number of rotatable bonds is 6. The second-order valence-electron chi connectivity index (χ2n) is 4.87. The van der Waals surface area contributed by atoms with Gasteiger partial charge in [-0.2, -0.15) is 0 Å². The summed E-state index contributed by atoms with van der Waals surface area (Å²) in [6, 6.07) is 0.0411. The number of carbonyl (C=O) groups is 1. The minimum absolute atomic E-state index is 0.0675. The van der Waals surface area contributed by atoms with Crippen LogP contribution in [0.15, 0.2) is 0 Å². The van der Waals surface area contributed by atoms with Crippen LogP contribution in [0.5, 0.6) is 0 Å². The van der Waals surface area contributed by atoms with Crippen molar-refractivity contribution in [1.82, 2.24) is 9.80 Å². The lowest BCUT2D eigenvalue weighted by atomic mass is 10.1. The molecule has 1 rings (SSSR count). The van der Waals surface area contributed by atoms with Crippen LogP contribution in [0.1, 0.15) is 27.2 Å². The number of amides is 1. The van der Waals surface area contributed by atoms with E-state index in [1.165, 1.54) is 0 Å². The fraction of sp³-hybridized carbons (Fsp3) is 0.923. The van der Waals surface area contributed by atoms with Crippen LogP contribution in [0, 0.1) is 0 Å². The molecule has 1 heterocycles. The standard InChI is InChI=1S/C13H27N3O2/c1-4-12-10-16(13(17)11(3)14)7-6-15(12)8-9-18-5-2/h11-12H,4-10,14H2,1-3H3/t11-,12?/m1/s1. The van der Waals surface area contributed by atoms with Gasteiger partial charge in [-0.05, 0) is 20.3 Å². The van der Waals surface area contributed by atoms with Crippen molar-refractivity contribution in [3.63, 3.8) is 0 Å². The Hall–Kier alpha value is -0.650. The molecule has 0 aromatic heterocycles. The van der Waals surface area contributed by atoms with Gasteiger partial charge in [0, 0.05) is 38.8 Å². The molecule has 2 N–H and O–H groups in total. The van der Waals surface area contributed by atoms with E-state index in [1.807, 2.05) is 11.8 Å². The lowest BCUT2D eigenvalue weighted by molar-refractivity contribution is -0.135. The van der Waals surface area contributed by atoms with E-state index in [0.29, 0.717) is 6.04 Å². The number of nitrogens with zero attached hydrogens (tertiary/aromatic N) is 2. The molecule has 106 valence electrons. The molecule has 1 aliphatic rings. The summed E-state index contributed by atoms with van der Waals surface area (Å²) < 4.78 is 5.40. The maximum absolute atomic E-state index is 11.9. The first kappa shape index (κ1) is 15.4. The molecule has 0 aliphatic carbocycles. The summed E-state index contributed by atoms with van der Waals surface area (Å²) in [5.41, 5.74) is 5.66. The first-order chi connectivity index (χ1) is 8.60. The monoisotopic (exact) mass is 257 g/mol. The third-order valence-corrected chi connectivity index (χ3v) is 3.50. The molecule has 1 amide bonds. The van der Waals surface area contributed by atoms with Crippen molar-refractivity contribution in [3.05, 3.63) is 0 Å². The van der Waals surface area contributed by atoms with Gasteiger partial charge < -0.3 is 15.4 Å². The van der Waals surface area contributed by atoms with Gasteiger partial charge >= 0.3 is 0 Å². The van der Waals surface area contributed by atoms with Crippen LogP contribution < -0.4 is 5.73 Å². The average molecular weight is 257 g/mol. The number of carbonyl (C=O) groups excluding carboxylic acids is 1. The van der Waals surface area contributed by atoms with Crippen LogP contribution in [-0.2, 0) is 9.53 Å². The Balaban J connectivity index is 2.46. The van der Waals surface area contributed by atoms with Crippen molar-refractivity contribution in [2.75, 3.05) is 39.4 Å². The molecule has 1 fully saturated rings. The summed E-state index contributed by atoms with van der Waals surface area (Å²) in [7, 11) is 0. The Bertz CT molecular complexity index is 259. The summed E-state index contributed by atoms with van der Waals surface area (Å²) in [5, 5.41) is 0. The molecule has 0 spiro atoms. The highest BCUT2D eigenvalue weighted by atomic mass is 16.5. The zero-order valence-electron chi connectivity index (χ0n) is 11.9. The summed E-state index contributed by atoms with van der Waals surface area (Å²) in [5.74, 6) is 0.0675. The van der Waals surface area contributed by atoms with Crippen LogP contribution in [0.4, 0.5) is 0 Å². The average Bonchev–Trinajstić information content (AvgIpc) is 2.38. The zero-order valence-corrected chi connectivity index (χ0v) is 11.9. The highest BCUT2D eigenvalue weighted by molar-refractivity contribution is 5.81. The van der Waals surface area contributed by atoms with Crippen LogP contribution in [0.25, 0.3) is 0 Å². The van der Waals surface area contributed by atoms with Gasteiger partial charge in [0.25, 0.3) is 0 Å². The van der Waals surface area contributed by atoms with Crippen molar-refractivity contribution in [2.45, 2.75) is 39.3 Å². The summed E-state index contributed by atoms with van der Waals surface area (Å²) >= 11 is 0. The number of piperazine rings is 1. The van der Waals surface area contributed by atoms with Crippen LogP contribution in [0.3, 0.4) is 0 Å². The largest absolute Gasteiger partial charge is 0.380 e. The van der Waals surface area contributed by atoms with E-state index in [-0.39, 0.29) is 5.91 Å². The van der Waals surface area contributed by atoms with Crippen molar-refractivity contribution < 1.29 is 9.53 Å². The summed E-state index contributed by atoms with van der Waals surface area (Å²) in [6.45, 7) is 10.9. The van der Waals surface area contributed by atoms with Gasteiger partial charge in [-0.1, -0.05) is 6.92 Å². The van der Waals surface area contributed by atoms with E-state index >= 15 is 0 Å². The van der Waals surface area contributed by atoms with Crippen molar-refractivity contribution in [3.8, 4) is 0 Å². The van der Waals surface area contributed by atoms with Crippen molar-refractivity contribution >= 4 is 5.91 Å². The van der Waals surface area contributed by atoms with Crippen molar-refractivity contribution in [2.24, 2.45) is 5.73 Å². The highest BCUT2D eigenvalue weighted by Crippen LogP contribution is 2.13. The van der Waals surface area contributed by atoms with Crippen LogP contribution >= 0.6 is 0 Å². The molecule has 5 heteroatoms. The Kier molecular flexibility index (Phi) is 6.60. The normalized spacial score (nSPS) is 23.1. The molecule has 1 aliphatic heterocycles. The van der Waals surface area contributed by atoms with Gasteiger partial charge in [0.1, 0.15) is 0 Å². The third-order valence-electron chi connectivity index (χ3n) is 3.50. The van der Waals surface area contributed by atoms with Gasteiger partial charge in [0.15, 0.2) is 0 Å².